The van der Waals surface area contributed by atoms with Crippen molar-refractivity contribution in [3.63, 3.8) is 0 Å². The van der Waals surface area contributed by atoms with Crippen LogP contribution < -0.4 is 5.32 Å². The quantitative estimate of drug-likeness (QED) is 0.811. The first-order valence-electron chi connectivity index (χ1n) is 9.09. The van der Waals surface area contributed by atoms with Gasteiger partial charge >= 0.3 is 0 Å². The van der Waals surface area contributed by atoms with Gasteiger partial charge in [-0.25, -0.2) is 0 Å². The molecule has 1 aromatic carbocycles. The molecule has 2 amide bonds. The van der Waals surface area contributed by atoms with E-state index in [4.69, 9.17) is 0 Å². The van der Waals surface area contributed by atoms with Gasteiger partial charge in [-0.2, -0.15) is 0 Å². The number of carbonyl (C=O) groups is 2. The van der Waals surface area contributed by atoms with Gasteiger partial charge in [0.2, 0.25) is 0 Å². The van der Waals surface area contributed by atoms with Crippen molar-refractivity contribution in [1.82, 2.24) is 9.88 Å². The van der Waals surface area contributed by atoms with Gasteiger partial charge in [-0.3, -0.25) is 14.6 Å². The molecule has 0 radical (unpaired) electrons. The van der Waals surface area contributed by atoms with Crippen LogP contribution in [0.2, 0.25) is 0 Å². The third-order valence-electron chi connectivity index (χ3n) is 4.00. The molecule has 5 heteroatoms. The number of pyridine rings is 1. The molecule has 2 aromatic rings. The van der Waals surface area contributed by atoms with Gasteiger partial charge in [0.1, 0.15) is 5.69 Å². The van der Waals surface area contributed by atoms with Crippen LogP contribution in [0.5, 0.6) is 0 Å². The van der Waals surface area contributed by atoms with E-state index in [9.17, 15) is 9.59 Å². The summed E-state index contributed by atoms with van der Waals surface area (Å²) in [5.41, 5.74) is 3.65. The molecule has 0 saturated carbocycles. The van der Waals surface area contributed by atoms with Crippen molar-refractivity contribution >= 4 is 17.5 Å². The largest absolute Gasteiger partial charge is 0.337 e. The Labute approximate surface area is 155 Å². The number of aromatic nitrogens is 1. The third kappa shape index (κ3) is 5.15. The van der Waals surface area contributed by atoms with Crippen LogP contribution in [0.25, 0.3) is 0 Å². The number of nitrogens with one attached hydrogen (secondary N) is 1. The maximum Gasteiger partial charge on any atom is 0.272 e. The Morgan fingerprint density at radius 3 is 2.19 bits per heavy atom. The van der Waals surface area contributed by atoms with Crippen LogP contribution in [0.3, 0.4) is 0 Å². The smallest absolute Gasteiger partial charge is 0.272 e. The summed E-state index contributed by atoms with van der Waals surface area (Å²) in [6.45, 7) is 9.43. The lowest BCUT2D eigenvalue weighted by Crippen LogP contribution is -2.33. The molecule has 0 spiro atoms. The molecular weight excluding hydrogens is 326 g/mol. The van der Waals surface area contributed by atoms with E-state index in [2.05, 4.69) is 16.4 Å². The highest BCUT2D eigenvalue weighted by Gasteiger charge is 2.17. The van der Waals surface area contributed by atoms with Crippen molar-refractivity contribution in [2.45, 2.75) is 40.5 Å². The Morgan fingerprint density at radius 2 is 1.62 bits per heavy atom. The molecule has 0 bridgehead atoms. The molecule has 0 atom stereocenters. The minimum absolute atomic E-state index is 0.130. The molecule has 1 aromatic heterocycles. The van der Waals surface area contributed by atoms with E-state index in [1.807, 2.05) is 39.8 Å². The summed E-state index contributed by atoms with van der Waals surface area (Å²) in [5.74, 6) is -0.376. The van der Waals surface area contributed by atoms with Crippen LogP contribution >= 0.6 is 0 Å². The standard InChI is InChI=1S/C21H27N3O2/c1-5-9-24(10-6-2)21(26)19-14-17(7-8-22-19)20(25)23-18-12-15(3)11-16(4)13-18/h7-8,11-14H,5-6,9-10H2,1-4H3,(H,23,25). The fraction of sp³-hybridized carbons (Fsp3) is 0.381. The van der Waals surface area contributed by atoms with Crippen LogP contribution in [0.4, 0.5) is 5.69 Å². The maximum absolute atomic E-state index is 12.7. The topological polar surface area (TPSA) is 62.3 Å². The summed E-state index contributed by atoms with van der Waals surface area (Å²) in [5, 5.41) is 2.89. The second-order valence-electron chi connectivity index (χ2n) is 6.55. The van der Waals surface area contributed by atoms with E-state index in [0.29, 0.717) is 24.3 Å². The van der Waals surface area contributed by atoms with Gasteiger partial charge < -0.3 is 10.2 Å². The van der Waals surface area contributed by atoms with Gasteiger partial charge in [-0.15, -0.1) is 0 Å². The molecule has 26 heavy (non-hydrogen) atoms. The number of rotatable bonds is 7. The average Bonchev–Trinajstić information content (AvgIpc) is 2.60. The first kappa shape index (κ1) is 19.6. The fourth-order valence-electron chi connectivity index (χ4n) is 2.96. The van der Waals surface area contributed by atoms with E-state index >= 15 is 0 Å². The van der Waals surface area contributed by atoms with E-state index in [1.54, 1.807) is 17.0 Å². The van der Waals surface area contributed by atoms with Crippen LogP contribution in [0.15, 0.2) is 36.5 Å². The zero-order valence-corrected chi connectivity index (χ0v) is 16.0. The number of amides is 2. The Hall–Kier alpha value is -2.69. The average molecular weight is 353 g/mol. The molecule has 0 aliphatic rings. The van der Waals surface area contributed by atoms with Gasteiger partial charge in [0.15, 0.2) is 0 Å². The van der Waals surface area contributed by atoms with Crippen molar-refractivity contribution in [1.29, 1.82) is 0 Å². The van der Waals surface area contributed by atoms with Crippen molar-refractivity contribution in [3.8, 4) is 0 Å². The molecule has 1 heterocycles. The van der Waals surface area contributed by atoms with Gasteiger partial charge in [-0.1, -0.05) is 19.9 Å². The normalized spacial score (nSPS) is 10.5. The molecule has 0 unspecified atom stereocenters. The minimum atomic E-state index is -0.246. The molecule has 0 fully saturated rings. The van der Waals surface area contributed by atoms with Crippen molar-refractivity contribution in [2.24, 2.45) is 0 Å². The number of aryl methyl sites for hydroxylation is 2. The lowest BCUT2D eigenvalue weighted by atomic mass is 10.1. The molecular formula is C21H27N3O2. The highest BCUT2D eigenvalue weighted by molar-refractivity contribution is 6.05. The Kier molecular flexibility index (Phi) is 6.89. The SMILES string of the molecule is CCCN(CCC)C(=O)c1cc(C(=O)Nc2cc(C)cc(C)c2)ccn1. The van der Waals surface area contributed by atoms with Crippen LogP contribution in [-0.2, 0) is 0 Å². The van der Waals surface area contributed by atoms with Gasteiger partial charge in [-0.05, 0) is 62.1 Å². The van der Waals surface area contributed by atoms with E-state index < -0.39 is 0 Å². The predicted octanol–water partition coefficient (Wildman–Crippen LogP) is 4.21. The summed E-state index contributed by atoms with van der Waals surface area (Å²) in [6, 6.07) is 9.08. The molecule has 0 aliphatic heterocycles. The highest BCUT2D eigenvalue weighted by atomic mass is 16.2. The van der Waals surface area contributed by atoms with Crippen molar-refractivity contribution in [2.75, 3.05) is 18.4 Å². The molecule has 1 N–H and O–H groups in total. The Bertz CT molecular complexity index is 760. The summed E-state index contributed by atoms with van der Waals surface area (Å²) in [6.07, 6.45) is 3.29. The van der Waals surface area contributed by atoms with Gasteiger partial charge in [0.25, 0.3) is 11.8 Å². The predicted molar refractivity (Wildman–Crippen MR) is 105 cm³/mol. The highest BCUT2D eigenvalue weighted by Crippen LogP contribution is 2.15. The van der Waals surface area contributed by atoms with E-state index in [0.717, 1.165) is 29.7 Å². The minimum Gasteiger partial charge on any atom is -0.337 e. The van der Waals surface area contributed by atoms with Crippen molar-refractivity contribution < 1.29 is 9.59 Å². The second-order valence-corrected chi connectivity index (χ2v) is 6.55. The van der Waals surface area contributed by atoms with Gasteiger partial charge in [0, 0.05) is 30.5 Å². The Balaban J connectivity index is 2.19. The summed E-state index contributed by atoms with van der Waals surface area (Å²) >= 11 is 0. The lowest BCUT2D eigenvalue weighted by molar-refractivity contribution is 0.0749. The number of nitrogens with zero attached hydrogens (tertiary/aromatic N) is 2. The number of carbonyl (C=O) groups excluding carboxylic acids is 2. The summed E-state index contributed by atoms with van der Waals surface area (Å²) < 4.78 is 0. The summed E-state index contributed by atoms with van der Waals surface area (Å²) in [7, 11) is 0. The molecule has 0 aliphatic carbocycles. The summed E-state index contributed by atoms with van der Waals surface area (Å²) in [4.78, 5) is 31.2. The van der Waals surface area contributed by atoms with Crippen LogP contribution in [-0.4, -0.2) is 34.8 Å². The zero-order chi connectivity index (χ0) is 19.1. The maximum atomic E-state index is 12.7. The lowest BCUT2D eigenvalue weighted by Gasteiger charge is -2.21. The fourth-order valence-corrected chi connectivity index (χ4v) is 2.96. The number of benzene rings is 1. The number of hydrogen-bond acceptors (Lipinski definition) is 3. The van der Waals surface area contributed by atoms with Crippen LogP contribution in [0.1, 0.15) is 58.7 Å². The first-order valence-corrected chi connectivity index (χ1v) is 9.09. The molecule has 0 saturated heterocycles. The third-order valence-corrected chi connectivity index (χ3v) is 4.00. The van der Waals surface area contributed by atoms with Crippen LogP contribution in [0, 0.1) is 13.8 Å². The van der Waals surface area contributed by atoms with Crippen molar-refractivity contribution in [3.05, 3.63) is 58.9 Å². The Morgan fingerprint density at radius 1 is 1.00 bits per heavy atom. The molecule has 5 nitrogen and oxygen atoms in total. The number of hydrogen-bond donors (Lipinski definition) is 1. The second kappa shape index (κ2) is 9.13. The number of anilines is 1. The molecule has 138 valence electrons. The zero-order valence-electron chi connectivity index (χ0n) is 16.0. The van der Waals surface area contributed by atoms with Gasteiger partial charge in [0.05, 0.1) is 0 Å². The first-order chi connectivity index (χ1) is 12.4. The van der Waals surface area contributed by atoms with E-state index in [-0.39, 0.29) is 11.8 Å². The monoisotopic (exact) mass is 353 g/mol. The molecule has 2 rings (SSSR count). The van der Waals surface area contributed by atoms with E-state index in [1.165, 1.54) is 6.20 Å².